The van der Waals surface area contributed by atoms with Crippen molar-refractivity contribution in [3.8, 4) is 0 Å². The van der Waals surface area contributed by atoms with Gasteiger partial charge in [-0.05, 0) is 210 Å². The second kappa shape index (κ2) is 51.6. The zero-order valence-electron chi connectivity index (χ0n) is 62.3. The van der Waals surface area contributed by atoms with E-state index in [1.807, 2.05) is 0 Å². The Morgan fingerprint density at radius 3 is 1.32 bits per heavy atom. The number of hydrogen-bond donors (Lipinski definition) is 4. The number of carbonyl (C=O) groups is 4. The smallest absolute Gasteiger partial charge is 0.412 e. The number of anilines is 1. The normalized spacial score (nSPS) is 21.3. The van der Waals surface area contributed by atoms with E-state index in [9.17, 15) is 46.8 Å². The molecule has 0 spiro atoms. The van der Waals surface area contributed by atoms with Crippen molar-refractivity contribution < 1.29 is 93.8 Å². The van der Waals surface area contributed by atoms with Gasteiger partial charge >= 0.3 is 29.6 Å². The van der Waals surface area contributed by atoms with E-state index in [-0.39, 0.29) is 83.3 Å². The molecule has 4 aromatic rings. The monoisotopic (exact) mass is 1520 g/mol. The number of carbonyl (C=O) groups excluding carboxylic acids is 3. The van der Waals surface area contributed by atoms with E-state index >= 15 is 0 Å². The van der Waals surface area contributed by atoms with Crippen LogP contribution in [0.5, 0.6) is 0 Å². The number of carboxylic acids is 1. The molecular formula is C73H112N8O24S. The summed E-state index contributed by atoms with van der Waals surface area (Å²) in [6.45, 7) is 13.8. The van der Waals surface area contributed by atoms with Gasteiger partial charge in [0.15, 0.2) is 0 Å². The molecule has 4 aromatic heterocycles. The SMILES string of the molecule is CC(C)(C)OC(=O)Nc1cccn(CC2CCCCO2)c1=O.COC(=O)c1cccn(CC2CCCCO2)c1=O.COC(=O)c1cccoc1=O.CS(=O)(=O)OCC1CCCCO1.NCC1CCCCO1.O=C(O)c1cccn(CC2CCCCO2)c1=O.OCC1CCCCO1.[N-]=[N+]=NCC1CCCCO1. The minimum atomic E-state index is -3.30. The minimum absolute atomic E-state index is 0.0190. The van der Waals surface area contributed by atoms with Crippen molar-refractivity contribution in [3.05, 3.63) is 142 Å². The number of nitrogens with zero attached hydrogens (tertiary/aromatic N) is 6. The number of nitrogens with one attached hydrogen (secondary N) is 1. The Morgan fingerprint density at radius 2 is 0.953 bits per heavy atom. The van der Waals surface area contributed by atoms with Crippen LogP contribution in [0.25, 0.3) is 10.4 Å². The van der Waals surface area contributed by atoms with Gasteiger partial charge in [0.05, 0.1) is 109 Å². The first-order valence-corrected chi connectivity index (χ1v) is 38.2. The van der Waals surface area contributed by atoms with Gasteiger partial charge in [-0.25, -0.2) is 24.0 Å². The van der Waals surface area contributed by atoms with Crippen molar-refractivity contribution in [3.63, 3.8) is 0 Å². The van der Waals surface area contributed by atoms with Gasteiger partial charge in [0.2, 0.25) is 0 Å². The van der Waals surface area contributed by atoms with Crippen LogP contribution in [-0.4, -0.2) is 198 Å². The van der Waals surface area contributed by atoms with Crippen LogP contribution in [0, 0.1) is 0 Å². The first-order chi connectivity index (χ1) is 50.9. The molecule has 11 heterocycles. The second-order valence-corrected chi connectivity index (χ2v) is 28.3. The highest BCUT2D eigenvalue weighted by Gasteiger charge is 2.23. The highest BCUT2D eigenvalue weighted by atomic mass is 32.2. The quantitative estimate of drug-likeness (QED) is 0.0191. The van der Waals surface area contributed by atoms with Crippen LogP contribution in [0.15, 0.2) is 102 Å². The number of ether oxygens (including phenoxy) is 10. The summed E-state index contributed by atoms with van der Waals surface area (Å²) in [7, 11) is -0.833. The molecule has 7 unspecified atom stereocenters. The Kier molecular flexibility index (Phi) is 44.2. The number of rotatable bonds is 17. The van der Waals surface area contributed by atoms with Crippen LogP contribution in [0.4, 0.5) is 10.5 Å². The van der Waals surface area contributed by atoms with Crippen molar-refractivity contribution >= 4 is 39.8 Å². The third-order valence-corrected chi connectivity index (χ3v) is 17.4. The van der Waals surface area contributed by atoms with E-state index in [2.05, 4.69) is 33.4 Å². The number of carboxylic acid groups (broad SMARTS) is 1. The Morgan fingerprint density at radius 1 is 0.566 bits per heavy atom. The summed E-state index contributed by atoms with van der Waals surface area (Å²) in [6.07, 6.45) is 30.3. The third kappa shape index (κ3) is 37.7. The summed E-state index contributed by atoms with van der Waals surface area (Å²) in [5, 5.41) is 23.4. The predicted molar refractivity (Wildman–Crippen MR) is 393 cm³/mol. The van der Waals surface area contributed by atoms with Crippen molar-refractivity contribution in [1.82, 2.24) is 13.7 Å². The van der Waals surface area contributed by atoms with Crippen LogP contribution >= 0.6 is 0 Å². The zero-order valence-corrected chi connectivity index (χ0v) is 63.1. The second-order valence-electron chi connectivity index (χ2n) is 26.6. The van der Waals surface area contributed by atoms with Gasteiger partial charge in [-0.15, -0.1) is 0 Å². The molecule has 106 heavy (non-hydrogen) atoms. The van der Waals surface area contributed by atoms with Crippen LogP contribution in [-0.2, 0) is 81.3 Å². The van der Waals surface area contributed by atoms with Crippen LogP contribution < -0.4 is 33.4 Å². The number of aliphatic hydroxyl groups is 1. The Labute approximate surface area is 619 Å². The van der Waals surface area contributed by atoms with Crippen LogP contribution in [0.3, 0.4) is 0 Å². The van der Waals surface area contributed by atoms with Crippen LogP contribution in [0.1, 0.15) is 187 Å². The van der Waals surface area contributed by atoms with E-state index in [1.54, 1.807) is 68.2 Å². The fourth-order valence-corrected chi connectivity index (χ4v) is 11.7. The van der Waals surface area contributed by atoms with Crippen molar-refractivity contribution in [2.75, 3.05) is 98.3 Å². The topological polar surface area (TPSA) is 427 Å². The number of esters is 2. The first kappa shape index (κ1) is 90.7. The molecule has 0 aromatic carbocycles. The number of aliphatic hydroxyl groups excluding tert-OH is 1. The molecule has 1 amide bonds. The van der Waals surface area contributed by atoms with E-state index in [0.29, 0.717) is 38.8 Å². The van der Waals surface area contributed by atoms with E-state index < -0.39 is 50.9 Å². The lowest BCUT2D eigenvalue weighted by Gasteiger charge is -2.23. The van der Waals surface area contributed by atoms with Crippen LogP contribution in [0.2, 0.25) is 0 Å². The highest BCUT2D eigenvalue weighted by Crippen LogP contribution is 2.19. The Balaban J connectivity index is 0.000000262. The average molecular weight is 1520 g/mol. The average Bonchev–Trinajstić information content (AvgIpc) is 0.851. The number of amides is 1. The van der Waals surface area contributed by atoms with E-state index in [1.165, 1.54) is 79.6 Å². The summed E-state index contributed by atoms with van der Waals surface area (Å²) in [5.74, 6) is -2.47. The van der Waals surface area contributed by atoms with Gasteiger partial charge in [-0.1, -0.05) is 5.11 Å². The molecule has 11 rings (SSSR count). The maximum Gasteiger partial charge on any atom is 0.412 e. The van der Waals surface area contributed by atoms with Crippen molar-refractivity contribution in [2.24, 2.45) is 10.8 Å². The number of azide groups is 1. The summed E-state index contributed by atoms with van der Waals surface area (Å²) < 4.78 is 86.6. The molecule has 7 aliphatic heterocycles. The lowest BCUT2D eigenvalue weighted by Crippen LogP contribution is -2.33. The molecule has 7 saturated heterocycles. The molecule has 7 aliphatic rings. The fraction of sp³-hybridized carbons (Fsp3) is 0.671. The fourth-order valence-electron chi connectivity index (χ4n) is 11.3. The highest BCUT2D eigenvalue weighted by molar-refractivity contribution is 7.86. The third-order valence-electron chi connectivity index (χ3n) is 16.9. The predicted octanol–water partition coefficient (Wildman–Crippen LogP) is 8.97. The maximum atomic E-state index is 12.4. The minimum Gasteiger partial charge on any atom is -0.477 e. The molecule has 0 aliphatic carbocycles. The molecule has 0 bridgehead atoms. The summed E-state index contributed by atoms with van der Waals surface area (Å²) in [5.41, 5.74) is 11.1. The Hall–Kier alpha value is -7.66. The van der Waals surface area contributed by atoms with Crippen molar-refractivity contribution in [2.45, 2.75) is 224 Å². The number of methoxy groups -OCH3 is 2. The standard InChI is InChI=1S/C16H24N2O4.C13H17NO4.C12H15NO4.C7H14O4S.C7H6O4.C6H11N3O.C6H13NO.C6H12O2/c1-16(2,3)22-15(20)17-13-8-6-9-18(14(13)19)11-12-7-4-5-10-21-12;1-17-13(16)11-6-4-7-14(12(11)15)9-10-5-2-3-8-18-10;14-11-10(12(15)16)5-3-6-13(11)8-9-4-1-2-7-17-9;1-12(8,9)11-6-7-4-2-3-5-10-7;1-10-6(8)5-3-2-4-11-7(5)9;7-9-8-5-6-3-1-2-4-10-6;2*7-5-6-3-1-2-4-8-6/h6,8-9,12H,4-5,7,10-11H2,1-3H3,(H,17,20);4,6-7,10H,2-3,5,8-9H2,1H3;3,5-6,9H,1-2,4,7-8H2,(H,15,16);7H,2-6H2,1H3;2-4H,1H3;6H,1-5H2;6H,1-5,7H2;6-7H,1-5H2. The van der Waals surface area contributed by atoms with E-state index in [0.717, 1.165) is 162 Å². The van der Waals surface area contributed by atoms with Gasteiger partial charge in [0.25, 0.3) is 26.8 Å². The number of nitrogens with two attached hydrogens (primary N) is 1. The van der Waals surface area contributed by atoms with Crippen molar-refractivity contribution in [1.29, 1.82) is 0 Å². The number of aromatic carboxylic acids is 1. The lowest BCUT2D eigenvalue weighted by molar-refractivity contribution is -0.0172. The van der Waals surface area contributed by atoms with Gasteiger partial charge in [-0.3, -0.25) is 23.9 Å². The maximum absolute atomic E-state index is 12.4. The molecule has 0 saturated carbocycles. The zero-order chi connectivity index (χ0) is 77.5. The molecule has 0 radical (unpaired) electrons. The lowest BCUT2D eigenvalue weighted by atomic mass is 10.1. The summed E-state index contributed by atoms with van der Waals surface area (Å²) in [6, 6.07) is 12.2. The molecule has 33 heteroatoms. The van der Waals surface area contributed by atoms with Gasteiger partial charge < -0.3 is 81.4 Å². The van der Waals surface area contributed by atoms with Gasteiger partial charge in [-0.2, -0.15) is 8.42 Å². The molecular weight excluding hydrogens is 1400 g/mol. The number of hydrogen-bond acceptors (Lipinski definition) is 25. The number of pyridine rings is 3. The molecule has 594 valence electrons. The van der Waals surface area contributed by atoms with Gasteiger partial charge in [0, 0.05) is 76.3 Å². The molecule has 7 fully saturated rings. The van der Waals surface area contributed by atoms with Gasteiger partial charge in [0.1, 0.15) is 28.0 Å². The summed E-state index contributed by atoms with van der Waals surface area (Å²) >= 11 is 0. The largest absolute Gasteiger partial charge is 0.477 e. The molecule has 5 N–H and O–H groups in total. The number of aromatic nitrogens is 3. The molecule has 7 atom stereocenters. The van der Waals surface area contributed by atoms with E-state index in [4.69, 9.17) is 59.4 Å². The first-order valence-electron chi connectivity index (χ1n) is 36.4. The summed E-state index contributed by atoms with van der Waals surface area (Å²) in [4.78, 5) is 94.4. The Bertz CT molecular complexity index is 3570. The molecule has 32 nitrogen and oxygen atoms in total.